The molecule has 6 nitrogen and oxygen atoms in total. The molecule has 4 rings (SSSR count). The first-order chi connectivity index (χ1) is 13.0. The van der Waals surface area contributed by atoms with E-state index >= 15 is 0 Å². The van der Waals surface area contributed by atoms with Crippen LogP contribution in [-0.2, 0) is 6.54 Å². The summed E-state index contributed by atoms with van der Waals surface area (Å²) in [5.74, 6) is -0.192. The third-order valence-corrected chi connectivity index (χ3v) is 4.55. The lowest BCUT2D eigenvalue weighted by atomic mass is 10.1. The topological polar surface area (TPSA) is 79.8 Å². The van der Waals surface area contributed by atoms with E-state index in [-0.39, 0.29) is 29.9 Å². The molecule has 0 aliphatic carbocycles. The molecule has 0 unspecified atom stereocenters. The van der Waals surface area contributed by atoms with Crippen LogP contribution < -0.4 is 10.9 Å². The fraction of sp³-hybridized carbons (Fsp3) is 0.150. The molecule has 0 radical (unpaired) electrons. The van der Waals surface area contributed by atoms with Crippen molar-refractivity contribution in [3.63, 3.8) is 0 Å². The number of aryl methyl sites for hydroxylation is 1. The van der Waals surface area contributed by atoms with Gasteiger partial charge in [-0.1, -0.05) is 6.07 Å². The number of aromatic amines is 1. The highest BCUT2D eigenvalue weighted by Gasteiger charge is 2.10. The number of fused-ring (bicyclic) bond motifs is 2. The molecule has 0 saturated heterocycles. The van der Waals surface area contributed by atoms with Gasteiger partial charge < -0.3 is 10.3 Å². The highest BCUT2D eigenvalue weighted by molar-refractivity contribution is 5.97. The predicted molar refractivity (Wildman–Crippen MR) is 101 cm³/mol. The zero-order valence-corrected chi connectivity index (χ0v) is 14.6. The van der Waals surface area contributed by atoms with Gasteiger partial charge in [-0.25, -0.2) is 9.37 Å². The number of nitrogens with zero attached hydrogens (tertiary/aromatic N) is 2. The van der Waals surface area contributed by atoms with Crippen LogP contribution in [0.25, 0.3) is 21.8 Å². The summed E-state index contributed by atoms with van der Waals surface area (Å²) in [5.41, 5.74) is 1.56. The van der Waals surface area contributed by atoms with Crippen LogP contribution in [0.2, 0.25) is 0 Å². The molecule has 7 heteroatoms. The number of benzene rings is 2. The summed E-state index contributed by atoms with van der Waals surface area (Å²) in [6.45, 7) is 2.22. The summed E-state index contributed by atoms with van der Waals surface area (Å²) in [7, 11) is 0. The van der Waals surface area contributed by atoms with Gasteiger partial charge in [-0.3, -0.25) is 14.2 Å². The van der Waals surface area contributed by atoms with Crippen molar-refractivity contribution < 1.29 is 9.18 Å². The van der Waals surface area contributed by atoms with Crippen LogP contribution in [0, 0.1) is 12.7 Å². The van der Waals surface area contributed by atoms with Gasteiger partial charge in [-0.15, -0.1) is 0 Å². The largest absolute Gasteiger partial charge is 0.361 e. The molecule has 0 aliphatic rings. The molecule has 2 aromatic carbocycles. The van der Waals surface area contributed by atoms with Crippen molar-refractivity contribution in [2.75, 3.05) is 6.54 Å². The number of H-pyrrole nitrogens is 1. The van der Waals surface area contributed by atoms with Crippen molar-refractivity contribution in [1.29, 1.82) is 0 Å². The monoisotopic (exact) mass is 364 g/mol. The number of halogens is 1. The predicted octanol–water partition coefficient (Wildman–Crippen LogP) is 2.76. The van der Waals surface area contributed by atoms with Gasteiger partial charge in [0.05, 0.1) is 10.9 Å². The molecular weight excluding hydrogens is 347 g/mol. The van der Waals surface area contributed by atoms with Gasteiger partial charge in [-0.2, -0.15) is 0 Å². The molecule has 0 aliphatic heterocycles. The summed E-state index contributed by atoms with van der Waals surface area (Å²) < 4.78 is 14.9. The Morgan fingerprint density at radius 2 is 2.07 bits per heavy atom. The number of hydrogen-bond donors (Lipinski definition) is 2. The van der Waals surface area contributed by atoms with E-state index in [9.17, 15) is 14.0 Å². The van der Waals surface area contributed by atoms with Crippen molar-refractivity contribution in [3.05, 3.63) is 76.2 Å². The zero-order chi connectivity index (χ0) is 19.0. The Balaban J connectivity index is 1.51. The van der Waals surface area contributed by atoms with Crippen molar-refractivity contribution in [2.24, 2.45) is 0 Å². The van der Waals surface area contributed by atoms with E-state index in [4.69, 9.17) is 0 Å². The second kappa shape index (κ2) is 6.68. The third kappa shape index (κ3) is 3.19. The Kier molecular flexibility index (Phi) is 4.19. The third-order valence-electron chi connectivity index (χ3n) is 4.55. The van der Waals surface area contributed by atoms with Crippen molar-refractivity contribution in [3.8, 4) is 0 Å². The molecule has 4 aromatic rings. The van der Waals surface area contributed by atoms with E-state index < -0.39 is 5.82 Å². The smallest absolute Gasteiger partial charge is 0.261 e. The average molecular weight is 364 g/mol. The van der Waals surface area contributed by atoms with Gasteiger partial charge in [0.2, 0.25) is 0 Å². The summed E-state index contributed by atoms with van der Waals surface area (Å²) >= 11 is 0. The maximum Gasteiger partial charge on any atom is 0.261 e. The maximum atomic E-state index is 13.4. The van der Waals surface area contributed by atoms with Gasteiger partial charge in [-0.05, 0) is 48.7 Å². The average Bonchev–Trinajstić information content (AvgIpc) is 3.12. The number of carbonyl (C=O) groups is 1. The molecule has 0 saturated carbocycles. The van der Waals surface area contributed by atoms with E-state index in [1.54, 1.807) is 19.1 Å². The van der Waals surface area contributed by atoms with Gasteiger partial charge in [0.25, 0.3) is 11.5 Å². The lowest BCUT2D eigenvalue weighted by molar-refractivity contribution is 0.0952. The van der Waals surface area contributed by atoms with Crippen LogP contribution in [0.1, 0.15) is 16.2 Å². The van der Waals surface area contributed by atoms with Gasteiger partial charge in [0, 0.05) is 30.4 Å². The van der Waals surface area contributed by atoms with E-state index in [2.05, 4.69) is 15.3 Å². The second-order valence-corrected chi connectivity index (χ2v) is 6.31. The Labute approximate surface area is 153 Å². The van der Waals surface area contributed by atoms with Gasteiger partial charge >= 0.3 is 0 Å². The Morgan fingerprint density at radius 3 is 2.93 bits per heavy atom. The number of nitrogens with one attached hydrogen (secondary N) is 2. The van der Waals surface area contributed by atoms with Crippen LogP contribution in [-0.4, -0.2) is 27.0 Å². The first-order valence-electron chi connectivity index (χ1n) is 8.55. The number of carbonyl (C=O) groups excluding carboxylic acids is 1. The first kappa shape index (κ1) is 17.0. The Bertz CT molecular complexity index is 1230. The molecule has 2 N–H and O–H groups in total. The molecule has 1 amide bonds. The Hall–Kier alpha value is -3.48. The van der Waals surface area contributed by atoms with Crippen molar-refractivity contribution in [2.45, 2.75) is 13.5 Å². The quantitative estimate of drug-likeness (QED) is 0.584. The molecule has 0 atom stereocenters. The van der Waals surface area contributed by atoms with Gasteiger partial charge in [0.1, 0.15) is 11.6 Å². The fourth-order valence-corrected chi connectivity index (χ4v) is 3.14. The molecule has 0 fully saturated rings. The summed E-state index contributed by atoms with van der Waals surface area (Å²) in [4.78, 5) is 32.4. The van der Waals surface area contributed by atoms with E-state index in [1.807, 2.05) is 18.3 Å². The lowest BCUT2D eigenvalue weighted by Crippen LogP contribution is -2.32. The number of hydrogen-bond acceptors (Lipinski definition) is 3. The van der Waals surface area contributed by atoms with E-state index in [0.29, 0.717) is 16.9 Å². The van der Waals surface area contributed by atoms with Crippen LogP contribution in [0.4, 0.5) is 4.39 Å². The number of rotatable bonds is 4. The highest BCUT2D eigenvalue weighted by atomic mass is 19.1. The molecule has 136 valence electrons. The van der Waals surface area contributed by atoms with Gasteiger partial charge in [0.15, 0.2) is 0 Å². The van der Waals surface area contributed by atoms with Crippen LogP contribution in [0.15, 0.2) is 53.5 Å². The minimum Gasteiger partial charge on any atom is -0.361 e. The summed E-state index contributed by atoms with van der Waals surface area (Å²) in [5, 5.41) is 4.06. The minimum absolute atomic E-state index is 0.225. The maximum absolute atomic E-state index is 13.4. The van der Waals surface area contributed by atoms with Crippen molar-refractivity contribution >= 4 is 27.7 Å². The first-order valence-corrected chi connectivity index (χ1v) is 8.55. The molecule has 27 heavy (non-hydrogen) atoms. The van der Waals surface area contributed by atoms with Crippen molar-refractivity contribution in [1.82, 2.24) is 19.9 Å². The van der Waals surface area contributed by atoms with E-state index in [1.165, 1.54) is 22.8 Å². The fourth-order valence-electron chi connectivity index (χ4n) is 3.14. The summed E-state index contributed by atoms with van der Waals surface area (Å²) in [6.07, 6.45) is 1.82. The number of aromatic nitrogens is 3. The number of amides is 1. The lowest BCUT2D eigenvalue weighted by Gasteiger charge is -2.11. The van der Waals surface area contributed by atoms with E-state index in [0.717, 1.165) is 10.9 Å². The summed E-state index contributed by atoms with van der Waals surface area (Å²) in [6, 6.07) is 11.3. The molecule has 0 bridgehead atoms. The van der Waals surface area contributed by atoms with Crippen LogP contribution in [0.3, 0.4) is 0 Å². The normalized spacial score (nSPS) is 11.2. The SMILES string of the molecule is Cc1nc2ccc(F)cc2c(=O)n1CCNC(=O)c1ccc2cc[nH]c2c1. The highest BCUT2D eigenvalue weighted by Crippen LogP contribution is 2.14. The van der Waals surface area contributed by atoms with Crippen LogP contribution in [0.5, 0.6) is 0 Å². The molecule has 0 spiro atoms. The standard InChI is InChI=1S/C20H17FN4O2/c1-12-24-17-5-4-15(21)11-16(17)20(27)25(12)9-8-23-19(26)14-3-2-13-6-7-22-18(13)10-14/h2-7,10-11,22H,8-9H2,1H3,(H,23,26). The molecular formula is C20H17FN4O2. The molecule has 2 heterocycles. The molecule has 2 aromatic heterocycles. The Morgan fingerprint density at radius 1 is 1.22 bits per heavy atom. The van der Waals surface area contributed by atoms with Crippen LogP contribution >= 0.6 is 0 Å². The second-order valence-electron chi connectivity index (χ2n) is 6.31. The zero-order valence-electron chi connectivity index (χ0n) is 14.6. The minimum atomic E-state index is -0.482.